The third kappa shape index (κ3) is 4.80. The number of hydrogen-bond acceptors (Lipinski definition) is 3. The number of carbonyl (C=O) groups is 1. The quantitative estimate of drug-likeness (QED) is 0.923. The highest BCUT2D eigenvalue weighted by Gasteiger charge is 2.22. The van der Waals surface area contributed by atoms with Crippen molar-refractivity contribution in [1.82, 2.24) is 4.90 Å². The normalized spacial score (nSPS) is 22.3. The molecule has 1 N–H and O–H groups in total. The zero-order valence-corrected chi connectivity index (χ0v) is 14.0. The fraction of sp³-hybridized carbons (Fsp3) is 0.533. The number of halogens is 1. The minimum absolute atomic E-state index is 0.0741. The second-order valence-corrected chi connectivity index (χ2v) is 7.63. The SMILES string of the molecule is Cc1ccc(NC(=O)CN(C)C2CCS(=O)CC2)c(Cl)c1. The van der Waals surface area contributed by atoms with Crippen molar-refractivity contribution >= 4 is 34.0 Å². The van der Waals surface area contributed by atoms with Crippen LogP contribution in [0.3, 0.4) is 0 Å². The van der Waals surface area contributed by atoms with E-state index < -0.39 is 10.8 Å². The predicted octanol–water partition coefficient (Wildman–Crippen LogP) is 2.43. The van der Waals surface area contributed by atoms with Crippen LogP contribution in [0.15, 0.2) is 18.2 Å². The molecule has 1 saturated heterocycles. The molecule has 1 fully saturated rings. The number of benzene rings is 1. The molecule has 0 unspecified atom stereocenters. The van der Waals surface area contributed by atoms with E-state index >= 15 is 0 Å². The van der Waals surface area contributed by atoms with Crippen molar-refractivity contribution in [1.29, 1.82) is 0 Å². The largest absolute Gasteiger partial charge is 0.324 e. The Morgan fingerprint density at radius 3 is 2.71 bits per heavy atom. The summed E-state index contributed by atoms with van der Waals surface area (Å²) in [5.41, 5.74) is 1.70. The number of anilines is 1. The van der Waals surface area contributed by atoms with Crippen LogP contribution in [0.4, 0.5) is 5.69 Å². The lowest BCUT2D eigenvalue weighted by Crippen LogP contribution is -2.41. The Hall–Kier alpha value is -0.910. The van der Waals surface area contributed by atoms with Gasteiger partial charge in [-0.3, -0.25) is 13.9 Å². The monoisotopic (exact) mass is 328 g/mol. The second-order valence-electron chi connectivity index (χ2n) is 5.53. The Morgan fingerprint density at radius 1 is 1.43 bits per heavy atom. The van der Waals surface area contributed by atoms with Crippen LogP contribution in [-0.2, 0) is 15.6 Å². The molecule has 1 aliphatic heterocycles. The molecular formula is C15H21ClN2O2S. The average Bonchev–Trinajstić information content (AvgIpc) is 2.42. The minimum Gasteiger partial charge on any atom is -0.324 e. The van der Waals surface area contributed by atoms with E-state index in [1.165, 1.54) is 0 Å². The van der Waals surface area contributed by atoms with Crippen LogP contribution in [-0.4, -0.2) is 46.2 Å². The number of amides is 1. The number of aryl methyl sites for hydroxylation is 1. The van der Waals surface area contributed by atoms with E-state index in [2.05, 4.69) is 5.32 Å². The molecule has 0 saturated carbocycles. The molecule has 0 spiro atoms. The number of carbonyl (C=O) groups excluding carboxylic acids is 1. The van der Waals surface area contributed by atoms with Gasteiger partial charge in [0.25, 0.3) is 0 Å². The summed E-state index contributed by atoms with van der Waals surface area (Å²) in [5.74, 6) is 1.40. The third-order valence-electron chi connectivity index (χ3n) is 3.77. The minimum atomic E-state index is -0.672. The summed E-state index contributed by atoms with van der Waals surface area (Å²) in [6.07, 6.45) is 1.78. The maximum atomic E-state index is 12.1. The molecule has 0 aromatic heterocycles. The molecule has 0 bridgehead atoms. The Balaban J connectivity index is 1.87. The molecule has 116 valence electrons. The molecule has 4 nitrogen and oxygen atoms in total. The van der Waals surface area contributed by atoms with E-state index in [1.807, 2.05) is 37.1 Å². The van der Waals surface area contributed by atoms with Crippen LogP contribution in [0.5, 0.6) is 0 Å². The Bertz CT molecular complexity index is 540. The molecular weight excluding hydrogens is 308 g/mol. The van der Waals surface area contributed by atoms with E-state index in [0.717, 1.165) is 29.9 Å². The Morgan fingerprint density at radius 2 is 2.10 bits per heavy atom. The third-order valence-corrected chi connectivity index (χ3v) is 5.47. The fourth-order valence-electron chi connectivity index (χ4n) is 2.49. The summed E-state index contributed by atoms with van der Waals surface area (Å²) >= 11 is 6.11. The first kappa shape index (κ1) is 16.5. The Kier molecular flexibility index (Phi) is 5.79. The van der Waals surface area contributed by atoms with Crippen LogP contribution >= 0.6 is 11.6 Å². The summed E-state index contributed by atoms with van der Waals surface area (Å²) in [7, 11) is 1.27. The van der Waals surface area contributed by atoms with Gasteiger partial charge in [0.1, 0.15) is 0 Å². The fourth-order valence-corrected chi connectivity index (χ4v) is 4.05. The standard InChI is InChI=1S/C15H21ClN2O2S/c1-11-3-4-14(13(16)9-11)17-15(19)10-18(2)12-5-7-21(20)8-6-12/h3-4,9,12H,5-8,10H2,1-2H3,(H,17,19). The van der Waals surface area contributed by atoms with Gasteiger partial charge >= 0.3 is 0 Å². The summed E-state index contributed by atoms with van der Waals surface area (Å²) in [5, 5.41) is 3.40. The van der Waals surface area contributed by atoms with Gasteiger partial charge < -0.3 is 5.32 Å². The van der Waals surface area contributed by atoms with Crippen molar-refractivity contribution in [2.24, 2.45) is 0 Å². The molecule has 0 aliphatic carbocycles. The van der Waals surface area contributed by atoms with Crippen LogP contribution < -0.4 is 5.32 Å². The molecule has 1 heterocycles. The zero-order valence-electron chi connectivity index (χ0n) is 12.4. The lowest BCUT2D eigenvalue weighted by atomic mass is 10.1. The molecule has 1 aromatic rings. The second kappa shape index (κ2) is 7.38. The summed E-state index contributed by atoms with van der Waals surface area (Å²) < 4.78 is 11.4. The molecule has 21 heavy (non-hydrogen) atoms. The predicted molar refractivity (Wildman–Crippen MR) is 88.3 cm³/mol. The van der Waals surface area contributed by atoms with Gasteiger partial charge in [-0.2, -0.15) is 0 Å². The molecule has 0 radical (unpaired) electrons. The highest BCUT2D eigenvalue weighted by Crippen LogP contribution is 2.22. The number of nitrogens with zero attached hydrogens (tertiary/aromatic N) is 1. The van der Waals surface area contributed by atoms with Gasteiger partial charge in [0, 0.05) is 28.3 Å². The molecule has 2 rings (SSSR count). The first-order chi connectivity index (χ1) is 9.95. The van der Waals surface area contributed by atoms with Gasteiger partial charge in [-0.05, 0) is 44.5 Å². The summed E-state index contributed by atoms with van der Waals surface area (Å²) in [6, 6.07) is 5.90. The van der Waals surface area contributed by atoms with E-state index in [1.54, 1.807) is 0 Å². The van der Waals surface area contributed by atoms with Gasteiger partial charge in [0.05, 0.1) is 17.3 Å². The van der Waals surface area contributed by atoms with Gasteiger partial charge in [-0.25, -0.2) is 0 Å². The lowest BCUT2D eigenvalue weighted by molar-refractivity contribution is -0.117. The van der Waals surface area contributed by atoms with Crippen LogP contribution in [0, 0.1) is 6.92 Å². The van der Waals surface area contributed by atoms with Crippen LogP contribution in [0.25, 0.3) is 0 Å². The molecule has 6 heteroatoms. The van der Waals surface area contributed by atoms with Gasteiger partial charge in [0.15, 0.2) is 0 Å². The number of nitrogens with one attached hydrogen (secondary N) is 1. The number of rotatable bonds is 4. The first-order valence-corrected chi connectivity index (χ1v) is 8.93. The number of hydrogen-bond donors (Lipinski definition) is 1. The Labute approximate surface area is 133 Å². The van der Waals surface area contributed by atoms with Crippen molar-refractivity contribution in [3.63, 3.8) is 0 Å². The average molecular weight is 329 g/mol. The van der Waals surface area contributed by atoms with Crippen LogP contribution in [0.2, 0.25) is 5.02 Å². The van der Waals surface area contributed by atoms with Crippen LogP contribution in [0.1, 0.15) is 18.4 Å². The smallest absolute Gasteiger partial charge is 0.238 e. The molecule has 1 aromatic carbocycles. The van der Waals surface area contributed by atoms with Gasteiger partial charge in [-0.15, -0.1) is 0 Å². The van der Waals surface area contributed by atoms with E-state index in [-0.39, 0.29) is 5.91 Å². The van der Waals surface area contributed by atoms with Crippen molar-refractivity contribution in [2.75, 3.05) is 30.4 Å². The highest BCUT2D eigenvalue weighted by atomic mass is 35.5. The number of likely N-dealkylation sites (N-methyl/N-ethyl adjacent to an activating group) is 1. The van der Waals surface area contributed by atoms with Crippen molar-refractivity contribution in [3.05, 3.63) is 28.8 Å². The zero-order chi connectivity index (χ0) is 15.4. The van der Waals surface area contributed by atoms with E-state index in [9.17, 15) is 9.00 Å². The lowest BCUT2D eigenvalue weighted by Gasteiger charge is -2.30. The van der Waals surface area contributed by atoms with E-state index in [4.69, 9.17) is 11.6 Å². The first-order valence-electron chi connectivity index (χ1n) is 7.07. The van der Waals surface area contributed by atoms with Gasteiger partial charge in [-0.1, -0.05) is 17.7 Å². The summed E-state index contributed by atoms with van der Waals surface area (Å²) in [6.45, 7) is 2.28. The maximum Gasteiger partial charge on any atom is 0.238 e. The molecule has 1 aliphatic rings. The van der Waals surface area contributed by atoms with Crippen molar-refractivity contribution < 1.29 is 9.00 Å². The highest BCUT2D eigenvalue weighted by molar-refractivity contribution is 7.85. The molecule has 1 amide bonds. The topological polar surface area (TPSA) is 49.4 Å². The van der Waals surface area contributed by atoms with Gasteiger partial charge in [0.2, 0.25) is 5.91 Å². The van der Waals surface area contributed by atoms with Crippen molar-refractivity contribution in [3.8, 4) is 0 Å². The van der Waals surface area contributed by atoms with Crippen molar-refractivity contribution in [2.45, 2.75) is 25.8 Å². The summed E-state index contributed by atoms with van der Waals surface area (Å²) in [4.78, 5) is 14.1. The van der Waals surface area contributed by atoms with E-state index in [0.29, 0.717) is 23.3 Å². The molecule has 0 atom stereocenters. The maximum absolute atomic E-state index is 12.1.